The van der Waals surface area contributed by atoms with Crippen molar-refractivity contribution in [3.05, 3.63) is 77.6 Å². The number of anilines is 1. The summed E-state index contributed by atoms with van der Waals surface area (Å²) in [6.07, 6.45) is 0.711. The van der Waals surface area contributed by atoms with Crippen LogP contribution in [0.5, 0.6) is 11.5 Å². The highest BCUT2D eigenvalue weighted by atomic mass is 19.1. The van der Waals surface area contributed by atoms with E-state index < -0.39 is 0 Å². The molecule has 0 saturated carbocycles. The number of aryl methyl sites for hydroxylation is 2. The van der Waals surface area contributed by atoms with Crippen LogP contribution < -0.4 is 14.8 Å². The van der Waals surface area contributed by atoms with E-state index in [-0.39, 0.29) is 18.1 Å². The molecule has 3 aromatic carbocycles. The number of rotatable bonds is 7. The summed E-state index contributed by atoms with van der Waals surface area (Å²) in [7, 11) is 3.13. The molecule has 0 aliphatic rings. The fraction of sp³-hybridized carbons (Fsp3) is 0.192. The molecule has 0 unspecified atom stereocenters. The number of benzene rings is 3. The normalized spacial score (nSPS) is 10.9. The molecule has 4 aromatic rings. The zero-order chi connectivity index (χ0) is 22.7. The molecule has 0 saturated heterocycles. The van der Waals surface area contributed by atoms with E-state index in [1.807, 2.05) is 43.3 Å². The topological polar surface area (TPSA) is 63.3 Å². The van der Waals surface area contributed by atoms with E-state index in [4.69, 9.17) is 9.47 Å². The average Bonchev–Trinajstić information content (AvgIpc) is 3.16. The lowest BCUT2D eigenvalue weighted by molar-refractivity contribution is -0.116. The van der Waals surface area contributed by atoms with E-state index in [2.05, 4.69) is 10.3 Å². The molecule has 164 valence electrons. The lowest BCUT2D eigenvalue weighted by atomic mass is 10.0. The van der Waals surface area contributed by atoms with Crippen LogP contribution in [0.25, 0.3) is 22.2 Å². The lowest BCUT2D eigenvalue weighted by Gasteiger charge is -2.14. The second-order valence-corrected chi connectivity index (χ2v) is 7.60. The Morgan fingerprint density at radius 3 is 2.44 bits per heavy atom. The largest absolute Gasteiger partial charge is 0.493 e. The van der Waals surface area contributed by atoms with Crippen molar-refractivity contribution in [1.82, 2.24) is 4.98 Å². The molecule has 0 aliphatic carbocycles. The molecule has 5 nitrogen and oxygen atoms in total. The minimum atomic E-state index is -0.303. The quantitative estimate of drug-likeness (QED) is 0.384. The number of fused-ring (bicyclic) bond motifs is 1. The minimum Gasteiger partial charge on any atom is -0.493 e. The van der Waals surface area contributed by atoms with Crippen LogP contribution >= 0.6 is 0 Å². The van der Waals surface area contributed by atoms with Gasteiger partial charge in [-0.2, -0.15) is 0 Å². The number of carbonyl (C=O) groups is 1. The summed E-state index contributed by atoms with van der Waals surface area (Å²) in [5.41, 5.74) is 5.20. The molecule has 2 N–H and O–H groups in total. The van der Waals surface area contributed by atoms with Gasteiger partial charge in [-0.05, 0) is 54.3 Å². The van der Waals surface area contributed by atoms with Crippen molar-refractivity contribution in [2.75, 3.05) is 19.5 Å². The van der Waals surface area contributed by atoms with Crippen molar-refractivity contribution in [2.24, 2.45) is 0 Å². The van der Waals surface area contributed by atoms with Crippen molar-refractivity contribution in [3.8, 4) is 22.8 Å². The standard InChI is InChI=1S/C26H25FN2O3/c1-16-13-23(31-2)24(32-3)15-22(16)28-25(30)12-10-19-20-14-18(27)9-11-21(20)29-26(19)17-7-5-4-6-8-17/h4-9,11,13-15,29H,10,12H2,1-3H3,(H,28,30). The van der Waals surface area contributed by atoms with E-state index in [1.54, 1.807) is 26.4 Å². The molecule has 1 amide bonds. The fourth-order valence-corrected chi connectivity index (χ4v) is 3.90. The zero-order valence-corrected chi connectivity index (χ0v) is 18.3. The first-order chi connectivity index (χ1) is 15.5. The van der Waals surface area contributed by atoms with E-state index in [9.17, 15) is 9.18 Å². The second kappa shape index (κ2) is 9.14. The van der Waals surface area contributed by atoms with Gasteiger partial charge in [0.05, 0.1) is 14.2 Å². The molecule has 0 atom stereocenters. The average molecular weight is 432 g/mol. The number of aromatic nitrogens is 1. The Bertz CT molecular complexity index is 1270. The summed E-state index contributed by atoms with van der Waals surface area (Å²) in [5.74, 6) is 0.719. The molecule has 0 fully saturated rings. The number of ether oxygens (including phenoxy) is 2. The van der Waals surface area contributed by atoms with Crippen LogP contribution in [0.3, 0.4) is 0 Å². The predicted molar refractivity (Wildman–Crippen MR) is 125 cm³/mol. The van der Waals surface area contributed by atoms with Gasteiger partial charge >= 0.3 is 0 Å². The maximum atomic E-state index is 14.0. The number of nitrogens with one attached hydrogen (secondary N) is 2. The molecule has 1 heterocycles. The van der Waals surface area contributed by atoms with E-state index >= 15 is 0 Å². The first-order valence-electron chi connectivity index (χ1n) is 10.4. The van der Waals surface area contributed by atoms with Crippen molar-refractivity contribution in [2.45, 2.75) is 19.8 Å². The molecule has 0 aliphatic heterocycles. The number of amides is 1. The lowest BCUT2D eigenvalue weighted by Crippen LogP contribution is -2.13. The van der Waals surface area contributed by atoms with Gasteiger partial charge in [0.25, 0.3) is 0 Å². The van der Waals surface area contributed by atoms with Crippen LogP contribution in [0.4, 0.5) is 10.1 Å². The van der Waals surface area contributed by atoms with Gasteiger partial charge in [0.15, 0.2) is 11.5 Å². The molecule has 0 radical (unpaired) electrons. The third kappa shape index (κ3) is 4.30. The van der Waals surface area contributed by atoms with Crippen LogP contribution in [0, 0.1) is 12.7 Å². The number of hydrogen-bond donors (Lipinski definition) is 2. The fourth-order valence-electron chi connectivity index (χ4n) is 3.90. The van der Waals surface area contributed by atoms with E-state index in [1.165, 1.54) is 12.1 Å². The van der Waals surface area contributed by atoms with Crippen molar-refractivity contribution in [3.63, 3.8) is 0 Å². The van der Waals surface area contributed by atoms with Gasteiger partial charge in [-0.3, -0.25) is 4.79 Å². The molecule has 6 heteroatoms. The smallest absolute Gasteiger partial charge is 0.224 e. The van der Waals surface area contributed by atoms with Gasteiger partial charge < -0.3 is 19.8 Å². The van der Waals surface area contributed by atoms with E-state index in [0.29, 0.717) is 23.6 Å². The van der Waals surface area contributed by atoms with Crippen LogP contribution in [-0.4, -0.2) is 25.1 Å². The van der Waals surface area contributed by atoms with Gasteiger partial charge in [-0.15, -0.1) is 0 Å². The number of carbonyl (C=O) groups excluding carboxylic acids is 1. The molecular formula is C26H25FN2O3. The Morgan fingerprint density at radius 1 is 1.00 bits per heavy atom. The maximum absolute atomic E-state index is 14.0. The van der Waals surface area contributed by atoms with Crippen molar-refractivity contribution < 1.29 is 18.7 Å². The van der Waals surface area contributed by atoms with Crippen LogP contribution in [0.15, 0.2) is 60.7 Å². The summed E-state index contributed by atoms with van der Waals surface area (Å²) in [5, 5.41) is 3.75. The number of hydrogen-bond acceptors (Lipinski definition) is 3. The van der Waals surface area contributed by atoms with Gasteiger partial charge in [0.1, 0.15) is 5.82 Å². The van der Waals surface area contributed by atoms with Crippen LogP contribution in [-0.2, 0) is 11.2 Å². The summed E-state index contributed by atoms with van der Waals surface area (Å²) in [6.45, 7) is 1.90. The van der Waals surface area contributed by atoms with Crippen molar-refractivity contribution >= 4 is 22.5 Å². The summed E-state index contributed by atoms with van der Waals surface area (Å²) < 4.78 is 24.6. The van der Waals surface area contributed by atoms with Gasteiger partial charge in [-0.1, -0.05) is 30.3 Å². The first-order valence-corrected chi connectivity index (χ1v) is 10.4. The van der Waals surface area contributed by atoms with Crippen LogP contribution in [0.2, 0.25) is 0 Å². The van der Waals surface area contributed by atoms with Crippen molar-refractivity contribution in [1.29, 1.82) is 0 Å². The molecule has 1 aromatic heterocycles. The van der Waals surface area contributed by atoms with Gasteiger partial charge in [-0.25, -0.2) is 4.39 Å². The Morgan fingerprint density at radius 2 is 1.72 bits per heavy atom. The summed E-state index contributed by atoms with van der Waals surface area (Å²) >= 11 is 0. The highest BCUT2D eigenvalue weighted by Crippen LogP contribution is 2.34. The van der Waals surface area contributed by atoms with Gasteiger partial charge in [0.2, 0.25) is 5.91 Å². The Labute approximate surface area is 186 Å². The monoisotopic (exact) mass is 432 g/mol. The Hall–Kier alpha value is -3.80. The number of H-pyrrole nitrogens is 1. The minimum absolute atomic E-state index is 0.134. The highest BCUT2D eigenvalue weighted by molar-refractivity contribution is 5.94. The third-order valence-corrected chi connectivity index (χ3v) is 5.54. The Kier molecular flexibility index (Phi) is 6.12. The Balaban J connectivity index is 1.59. The SMILES string of the molecule is COc1cc(C)c(NC(=O)CCc2c(-c3ccccc3)[nH]c3ccc(F)cc23)cc1OC. The second-order valence-electron chi connectivity index (χ2n) is 7.60. The first kappa shape index (κ1) is 21.4. The van der Waals surface area contributed by atoms with Gasteiger partial charge in [0, 0.05) is 34.8 Å². The summed E-state index contributed by atoms with van der Waals surface area (Å²) in [4.78, 5) is 16.2. The molecule has 0 bridgehead atoms. The third-order valence-electron chi connectivity index (χ3n) is 5.54. The maximum Gasteiger partial charge on any atom is 0.224 e. The molecule has 32 heavy (non-hydrogen) atoms. The zero-order valence-electron chi connectivity index (χ0n) is 18.3. The molecule has 4 rings (SSSR count). The number of halogens is 1. The summed E-state index contributed by atoms with van der Waals surface area (Å²) in [6, 6.07) is 18.1. The number of aromatic amines is 1. The predicted octanol–water partition coefficient (Wildman–Crippen LogP) is 5.87. The molecular weight excluding hydrogens is 407 g/mol. The van der Waals surface area contributed by atoms with E-state index in [0.717, 1.165) is 33.3 Å². The highest BCUT2D eigenvalue weighted by Gasteiger charge is 2.16. The van der Waals surface area contributed by atoms with Crippen LogP contribution in [0.1, 0.15) is 17.5 Å². The molecule has 0 spiro atoms. The number of methoxy groups -OCH3 is 2.